The van der Waals surface area contributed by atoms with E-state index >= 15 is 0 Å². The Morgan fingerprint density at radius 3 is 2.65 bits per heavy atom. The van der Waals surface area contributed by atoms with Crippen molar-refractivity contribution in [2.45, 2.75) is 32.7 Å². The van der Waals surface area contributed by atoms with Crippen molar-refractivity contribution in [2.24, 2.45) is 11.1 Å². The Hall–Kier alpha value is -1.22. The van der Waals surface area contributed by atoms with Crippen molar-refractivity contribution in [3.63, 3.8) is 0 Å². The van der Waals surface area contributed by atoms with E-state index in [9.17, 15) is 8.78 Å². The monoisotopic (exact) mass is 237 g/mol. The number of benzene rings is 1. The summed E-state index contributed by atoms with van der Waals surface area (Å²) >= 11 is 0. The zero-order chi connectivity index (χ0) is 12.6. The fourth-order valence-electron chi connectivity index (χ4n) is 2.54. The summed E-state index contributed by atoms with van der Waals surface area (Å²) in [6.45, 7) is 4.19. The van der Waals surface area contributed by atoms with Crippen LogP contribution in [0.25, 0.3) is 5.57 Å². The van der Waals surface area contributed by atoms with Gasteiger partial charge in [-0.15, -0.1) is 0 Å². The van der Waals surface area contributed by atoms with E-state index in [0.717, 1.165) is 24.5 Å². The van der Waals surface area contributed by atoms with Crippen molar-refractivity contribution in [3.05, 3.63) is 41.5 Å². The molecular weight excluding hydrogens is 220 g/mol. The average Bonchev–Trinajstić information content (AvgIpc) is 2.19. The molecule has 1 aliphatic rings. The topological polar surface area (TPSA) is 26.0 Å². The molecule has 0 aliphatic heterocycles. The number of allylic oxidation sites excluding steroid dienone is 1. The van der Waals surface area contributed by atoms with Gasteiger partial charge in [0.15, 0.2) is 11.6 Å². The van der Waals surface area contributed by atoms with Crippen molar-refractivity contribution in [3.8, 4) is 0 Å². The van der Waals surface area contributed by atoms with E-state index in [1.54, 1.807) is 6.07 Å². The van der Waals surface area contributed by atoms with E-state index < -0.39 is 11.6 Å². The Morgan fingerprint density at radius 2 is 2.00 bits per heavy atom. The molecule has 1 unspecified atom stereocenters. The van der Waals surface area contributed by atoms with Crippen LogP contribution in [0.3, 0.4) is 0 Å². The van der Waals surface area contributed by atoms with Gasteiger partial charge in [0.25, 0.3) is 0 Å². The van der Waals surface area contributed by atoms with Crippen LogP contribution >= 0.6 is 0 Å². The third-order valence-corrected chi connectivity index (χ3v) is 3.17. The SMILES string of the molecule is CC1(C)CC(c2cccc(F)c2F)=CC(N)C1. The van der Waals surface area contributed by atoms with E-state index in [-0.39, 0.29) is 11.5 Å². The molecule has 0 heterocycles. The van der Waals surface area contributed by atoms with E-state index in [2.05, 4.69) is 13.8 Å². The minimum absolute atomic E-state index is 0.0300. The van der Waals surface area contributed by atoms with Gasteiger partial charge in [-0.05, 0) is 29.9 Å². The summed E-state index contributed by atoms with van der Waals surface area (Å²) in [5.41, 5.74) is 7.12. The Kier molecular flexibility index (Phi) is 3.04. The van der Waals surface area contributed by atoms with Crippen molar-refractivity contribution in [1.82, 2.24) is 0 Å². The largest absolute Gasteiger partial charge is 0.324 e. The first kappa shape index (κ1) is 12.2. The molecule has 1 aliphatic carbocycles. The zero-order valence-corrected chi connectivity index (χ0v) is 10.1. The van der Waals surface area contributed by atoms with Crippen LogP contribution in [0.15, 0.2) is 24.3 Å². The number of halogens is 2. The summed E-state index contributed by atoms with van der Waals surface area (Å²) in [6, 6.07) is 4.18. The molecule has 0 bridgehead atoms. The number of hydrogen-bond acceptors (Lipinski definition) is 1. The fraction of sp³-hybridized carbons (Fsp3) is 0.429. The molecule has 0 amide bonds. The van der Waals surface area contributed by atoms with Crippen LogP contribution in [0, 0.1) is 17.0 Å². The van der Waals surface area contributed by atoms with Gasteiger partial charge in [-0.2, -0.15) is 0 Å². The van der Waals surface area contributed by atoms with Gasteiger partial charge in [0.2, 0.25) is 0 Å². The molecule has 1 nitrogen and oxygen atoms in total. The number of nitrogens with two attached hydrogens (primary N) is 1. The molecule has 0 saturated heterocycles. The van der Waals surface area contributed by atoms with Crippen molar-refractivity contribution >= 4 is 5.57 Å². The smallest absolute Gasteiger partial charge is 0.166 e. The third kappa shape index (κ3) is 2.55. The van der Waals surface area contributed by atoms with Crippen LogP contribution in [0.2, 0.25) is 0 Å². The molecule has 1 aromatic rings. The minimum atomic E-state index is -0.805. The highest BCUT2D eigenvalue weighted by molar-refractivity contribution is 5.68. The summed E-state index contributed by atoms with van der Waals surface area (Å²) in [6.07, 6.45) is 3.44. The van der Waals surface area contributed by atoms with Gasteiger partial charge < -0.3 is 5.73 Å². The molecule has 17 heavy (non-hydrogen) atoms. The van der Waals surface area contributed by atoms with Gasteiger partial charge in [0, 0.05) is 11.6 Å². The normalized spacial score (nSPS) is 23.4. The lowest BCUT2D eigenvalue weighted by Gasteiger charge is -2.33. The summed E-state index contributed by atoms with van der Waals surface area (Å²) < 4.78 is 26.9. The van der Waals surface area contributed by atoms with Crippen LogP contribution in [0.5, 0.6) is 0 Å². The molecule has 1 atom stereocenters. The highest BCUT2D eigenvalue weighted by Gasteiger charge is 2.28. The Bertz CT molecular complexity index is 463. The van der Waals surface area contributed by atoms with E-state index in [0.29, 0.717) is 5.56 Å². The summed E-state index contributed by atoms with van der Waals surface area (Å²) in [5.74, 6) is -1.58. The molecule has 92 valence electrons. The van der Waals surface area contributed by atoms with Crippen LogP contribution in [0.4, 0.5) is 8.78 Å². The number of hydrogen-bond donors (Lipinski definition) is 1. The lowest BCUT2D eigenvalue weighted by molar-refractivity contribution is 0.318. The minimum Gasteiger partial charge on any atom is -0.324 e. The first-order valence-electron chi connectivity index (χ1n) is 5.80. The van der Waals surface area contributed by atoms with Gasteiger partial charge in [-0.1, -0.05) is 32.1 Å². The van der Waals surface area contributed by atoms with Crippen molar-refractivity contribution in [2.75, 3.05) is 0 Å². The average molecular weight is 237 g/mol. The fourth-order valence-corrected chi connectivity index (χ4v) is 2.54. The molecule has 0 radical (unpaired) electrons. The molecule has 0 saturated carbocycles. The Balaban J connectivity index is 2.43. The second-order valence-corrected chi connectivity index (χ2v) is 5.50. The predicted octanol–water partition coefficient (Wildman–Crippen LogP) is 3.50. The van der Waals surface area contributed by atoms with Crippen molar-refractivity contribution in [1.29, 1.82) is 0 Å². The maximum absolute atomic E-state index is 13.7. The van der Waals surface area contributed by atoms with Gasteiger partial charge in [0.05, 0.1) is 0 Å². The molecule has 2 rings (SSSR count). The van der Waals surface area contributed by atoms with Crippen LogP contribution < -0.4 is 5.73 Å². The van der Waals surface area contributed by atoms with Gasteiger partial charge in [0.1, 0.15) is 0 Å². The van der Waals surface area contributed by atoms with Crippen LogP contribution in [-0.4, -0.2) is 6.04 Å². The molecule has 2 N–H and O–H groups in total. The molecule has 1 aromatic carbocycles. The second-order valence-electron chi connectivity index (χ2n) is 5.50. The standard InChI is InChI=1S/C14H17F2N/c1-14(2)7-9(6-10(17)8-14)11-4-3-5-12(15)13(11)16/h3-6,10H,7-8,17H2,1-2H3. The molecule has 0 aromatic heterocycles. The first-order chi connectivity index (χ1) is 7.89. The molecule has 3 heteroatoms. The Labute approximate surface area is 100 Å². The van der Waals surface area contributed by atoms with Gasteiger partial charge in [-0.25, -0.2) is 8.78 Å². The zero-order valence-electron chi connectivity index (χ0n) is 10.1. The molecule has 0 fully saturated rings. The molecule has 0 spiro atoms. The quantitative estimate of drug-likeness (QED) is 0.795. The predicted molar refractivity (Wildman–Crippen MR) is 65.3 cm³/mol. The highest BCUT2D eigenvalue weighted by atomic mass is 19.2. The van der Waals surface area contributed by atoms with Gasteiger partial charge >= 0.3 is 0 Å². The summed E-state index contributed by atoms with van der Waals surface area (Å²) in [7, 11) is 0. The summed E-state index contributed by atoms with van der Waals surface area (Å²) in [4.78, 5) is 0. The number of rotatable bonds is 1. The highest BCUT2D eigenvalue weighted by Crippen LogP contribution is 2.39. The third-order valence-electron chi connectivity index (χ3n) is 3.17. The summed E-state index contributed by atoms with van der Waals surface area (Å²) in [5, 5.41) is 0. The van der Waals surface area contributed by atoms with Crippen LogP contribution in [0.1, 0.15) is 32.3 Å². The van der Waals surface area contributed by atoms with E-state index in [1.165, 1.54) is 6.07 Å². The lowest BCUT2D eigenvalue weighted by Crippen LogP contribution is -2.30. The second kappa shape index (κ2) is 4.22. The van der Waals surface area contributed by atoms with E-state index in [4.69, 9.17) is 5.73 Å². The maximum Gasteiger partial charge on any atom is 0.166 e. The molecular formula is C14H17F2N. The lowest BCUT2D eigenvalue weighted by atomic mass is 9.74. The maximum atomic E-state index is 13.7. The van der Waals surface area contributed by atoms with Crippen LogP contribution in [-0.2, 0) is 0 Å². The first-order valence-corrected chi connectivity index (χ1v) is 5.80. The van der Waals surface area contributed by atoms with Gasteiger partial charge in [-0.3, -0.25) is 0 Å². The van der Waals surface area contributed by atoms with E-state index in [1.807, 2.05) is 6.08 Å². The Morgan fingerprint density at radius 1 is 1.29 bits per heavy atom. The van der Waals surface area contributed by atoms with Crippen molar-refractivity contribution < 1.29 is 8.78 Å².